The van der Waals surface area contributed by atoms with Crippen LogP contribution in [0.25, 0.3) is 10.8 Å². The molecule has 2 heterocycles. The quantitative estimate of drug-likeness (QED) is 0.0688. The van der Waals surface area contributed by atoms with E-state index in [1.54, 1.807) is 19.2 Å². The highest BCUT2D eigenvalue weighted by atomic mass is 16.7. The van der Waals surface area contributed by atoms with Gasteiger partial charge in [0.25, 0.3) is 0 Å². The van der Waals surface area contributed by atoms with Gasteiger partial charge in [-0.25, -0.2) is 0 Å². The lowest BCUT2D eigenvalue weighted by Gasteiger charge is -2.46. The molecule has 58 heavy (non-hydrogen) atoms. The molecule has 4 aromatic rings. The monoisotopic (exact) mass is 805 g/mol. The molecule has 16 heteroatoms. The zero-order valence-corrected chi connectivity index (χ0v) is 31.7. The van der Waals surface area contributed by atoms with Crippen LogP contribution in [-0.4, -0.2) is 137 Å². The molecule has 0 aliphatic carbocycles. The number of aliphatic hydroxyl groups excluding tert-OH is 6. The summed E-state index contributed by atoms with van der Waals surface area (Å²) in [6.45, 7) is -0.782. The molecule has 16 nitrogen and oxygen atoms in total. The Balaban J connectivity index is 1.01. The minimum Gasteiger partial charge on any atom is -0.497 e. The third kappa shape index (κ3) is 10.5. The standard InChI is InChI=1S/C42H49N2O14/c1-53-30-14-11-26-15-25(7-10-27(26)18-30)21-54-22-33-34(47)35(48)37(50)42(57-33)58-39-32(20-46)56-41(38(51)36(39)49)55-29-12-8-24(9-13-29)16-28(19-45)44-40(52)31(43)17-23-5-3-2-4-6-23/h2-15,18,28,31-39,41-42,46-51H,16-17,20-22,43H2,1H3,(H,44,52)/t28-,31+,32-,33-,34-,35+,36-,37+,38+,39-,41+,42-/m1/s1. The molecule has 1 radical (unpaired) electrons. The number of ether oxygens (including phenoxy) is 6. The van der Waals surface area contributed by atoms with Crippen LogP contribution in [0, 0.1) is 0 Å². The fourth-order valence-electron chi connectivity index (χ4n) is 6.86. The summed E-state index contributed by atoms with van der Waals surface area (Å²) in [6, 6.07) is 25.1. The molecule has 2 fully saturated rings. The lowest BCUT2D eigenvalue weighted by Crippen LogP contribution is -2.65. The van der Waals surface area contributed by atoms with Crippen molar-refractivity contribution in [2.75, 3.05) is 20.3 Å². The molecule has 0 saturated carbocycles. The van der Waals surface area contributed by atoms with Crippen LogP contribution in [0.4, 0.5) is 0 Å². The van der Waals surface area contributed by atoms with Crippen LogP contribution >= 0.6 is 0 Å². The summed E-state index contributed by atoms with van der Waals surface area (Å²) in [5.74, 6) is 0.432. The van der Waals surface area contributed by atoms with Crippen molar-refractivity contribution in [1.29, 1.82) is 0 Å². The summed E-state index contributed by atoms with van der Waals surface area (Å²) in [6.07, 6.45) is -13.4. The number of hydrogen-bond donors (Lipinski definition) is 8. The van der Waals surface area contributed by atoms with E-state index in [-0.39, 0.29) is 25.4 Å². The molecule has 0 aromatic heterocycles. The highest BCUT2D eigenvalue weighted by Gasteiger charge is 2.51. The highest BCUT2D eigenvalue weighted by Crippen LogP contribution is 2.31. The van der Waals surface area contributed by atoms with Crippen LogP contribution in [0.15, 0.2) is 91.0 Å². The van der Waals surface area contributed by atoms with Crippen molar-refractivity contribution in [3.8, 4) is 11.5 Å². The maximum atomic E-state index is 12.6. The smallest absolute Gasteiger partial charge is 0.237 e. The summed E-state index contributed by atoms with van der Waals surface area (Å²) in [7, 11) is 1.59. The van der Waals surface area contributed by atoms with Crippen LogP contribution in [-0.2, 0) is 48.0 Å². The first-order chi connectivity index (χ1) is 28.0. The third-order valence-corrected chi connectivity index (χ3v) is 10.2. The predicted octanol–water partition coefficient (Wildman–Crippen LogP) is -0.217. The molecule has 1 amide bonds. The number of methoxy groups -OCH3 is 1. The van der Waals surface area contributed by atoms with Crippen molar-refractivity contribution in [3.05, 3.63) is 108 Å². The van der Waals surface area contributed by atoms with Crippen LogP contribution in [0.5, 0.6) is 11.5 Å². The number of benzene rings is 4. The van der Waals surface area contributed by atoms with E-state index >= 15 is 0 Å². The number of carbonyl (C=O) groups excluding carboxylic acids is 2. The van der Waals surface area contributed by atoms with Crippen LogP contribution in [0.2, 0.25) is 0 Å². The van der Waals surface area contributed by atoms with Gasteiger partial charge in [0.2, 0.25) is 18.5 Å². The van der Waals surface area contributed by atoms with E-state index in [1.807, 2.05) is 73.0 Å². The van der Waals surface area contributed by atoms with Crippen molar-refractivity contribution in [1.82, 2.24) is 5.32 Å². The average Bonchev–Trinajstić information content (AvgIpc) is 3.24. The Labute approximate surface area is 334 Å². The van der Waals surface area contributed by atoms with Crippen LogP contribution in [0.1, 0.15) is 16.7 Å². The topological polar surface area (TPSA) is 249 Å². The Bertz CT molecular complexity index is 1930. The van der Waals surface area contributed by atoms with Crippen LogP contribution < -0.4 is 20.5 Å². The number of nitrogens with one attached hydrogen (secondary N) is 1. The average molecular weight is 806 g/mol. The van der Waals surface area contributed by atoms with Crippen molar-refractivity contribution in [2.45, 2.75) is 92.9 Å². The largest absolute Gasteiger partial charge is 0.497 e. The van der Waals surface area contributed by atoms with E-state index in [4.69, 9.17) is 34.2 Å². The Hall–Kier alpha value is -4.56. The highest BCUT2D eigenvalue weighted by molar-refractivity contribution is 5.85. The summed E-state index contributed by atoms with van der Waals surface area (Å²) < 4.78 is 34.2. The lowest BCUT2D eigenvalue weighted by atomic mass is 9.97. The minimum atomic E-state index is -1.78. The Kier molecular flexibility index (Phi) is 14.8. The second-order valence-corrected chi connectivity index (χ2v) is 14.3. The maximum absolute atomic E-state index is 12.6. The SMILES string of the molecule is COc1ccc2cc(COC[C@H]3O[C@H](O[C@H]4[C@H](O)[C@H](O)[C@@H](Oc5ccc(C[C@H]([C]=O)NC(=O)[C@@H](N)Cc6ccccc6)cc5)O[C@@H]4CO)[C@@H](O)[C@@H](O)[C@@H]3O)ccc2c1. The van der Waals surface area contributed by atoms with Crippen molar-refractivity contribution >= 4 is 23.0 Å². The molecule has 311 valence electrons. The van der Waals surface area contributed by atoms with E-state index in [9.17, 15) is 40.2 Å². The van der Waals surface area contributed by atoms with E-state index in [1.165, 1.54) is 12.1 Å². The number of fused-ring (bicyclic) bond motifs is 1. The summed E-state index contributed by atoms with van der Waals surface area (Å²) in [4.78, 5) is 24.3. The van der Waals surface area contributed by atoms with Crippen molar-refractivity contribution in [2.24, 2.45) is 5.73 Å². The first-order valence-electron chi connectivity index (χ1n) is 18.8. The summed E-state index contributed by atoms with van der Waals surface area (Å²) in [5, 5.41) is 68.9. The number of aliphatic hydroxyl groups is 6. The summed E-state index contributed by atoms with van der Waals surface area (Å²) >= 11 is 0. The van der Waals surface area contributed by atoms with Gasteiger partial charge in [0, 0.05) is 6.42 Å². The van der Waals surface area contributed by atoms with Gasteiger partial charge in [-0.15, -0.1) is 0 Å². The molecule has 9 N–H and O–H groups in total. The van der Waals surface area contributed by atoms with E-state index < -0.39 is 86.0 Å². The minimum absolute atomic E-state index is 0.106. The van der Waals surface area contributed by atoms with Crippen LogP contribution in [0.3, 0.4) is 0 Å². The molecule has 2 aliphatic rings. The lowest BCUT2D eigenvalue weighted by molar-refractivity contribution is -0.353. The zero-order chi connectivity index (χ0) is 41.3. The molecule has 0 bridgehead atoms. The molecule has 0 unspecified atom stereocenters. The fourth-order valence-corrected chi connectivity index (χ4v) is 6.86. The second-order valence-electron chi connectivity index (χ2n) is 14.3. The normalized spacial score (nSPS) is 28.3. The summed E-state index contributed by atoms with van der Waals surface area (Å²) in [5.41, 5.74) is 8.40. The molecule has 12 atom stereocenters. The van der Waals surface area contributed by atoms with Gasteiger partial charge in [-0.05, 0) is 64.2 Å². The van der Waals surface area contributed by atoms with Crippen molar-refractivity contribution in [3.63, 3.8) is 0 Å². The Morgan fingerprint density at radius 1 is 0.759 bits per heavy atom. The van der Waals surface area contributed by atoms with Crippen molar-refractivity contribution < 1.29 is 68.6 Å². The van der Waals surface area contributed by atoms with E-state index in [2.05, 4.69) is 5.32 Å². The Morgan fingerprint density at radius 2 is 1.40 bits per heavy atom. The molecular weight excluding hydrogens is 756 g/mol. The molecule has 0 spiro atoms. The van der Waals surface area contributed by atoms with E-state index in [0.717, 1.165) is 27.6 Å². The molecule has 2 aliphatic heterocycles. The third-order valence-electron chi connectivity index (χ3n) is 10.2. The maximum Gasteiger partial charge on any atom is 0.237 e. The number of rotatable bonds is 17. The number of amides is 1. The van der Waals surface area contributed by atoms with Gasteiger partial charge in [0.15, 0.2) is 6.29 Å². The van der Waals surface area contributed by atoms with E-state index in [0.29, 0.717) is 12.0 Å². The van der Waals surface area contributed by atoms with Gasteiger partial charge in [0.1, 0.15) is 60.3 Å². The number of hydrogen-bond acceptors (Lipinski definition) is 15. The molecule has 6 rings (SSSR count). The Morgan fingerprint density at radius 3 is 2.10 bits per heavy atom. The first kappa shape index (κ1) is 43.0. The molecular formula is C42H49N2O14. The van der Waals surface area contributed by atoms with Gasteiger partial charge < -0.3 is 70.1 Å². The van der Waals surface area contributed by atoms with Gasteiger partial charge in [-0.1, -0.05) is 60.7 Å². The first-order valence-corrected chi connectivity index (χ1v) is 18.8. The second kappa shape index (κ2) is 19.9. The van der Waals surface area contributed by atoms with Gasteiger partial charge >= 0.3 is 0 Å². The van der Waals surface area contributed by atoms with Gasteiger partial charge in [-0.2, -0.15) is 0 Å². The van der Waals surface area contributed by atoms with Gasteiger partial charge in [0.05, 0.1) is 39.0 Å². The molecule has 4 aromatic carbocycles. The number of nitrogens with two attached hydrogens (primary N) is 1. The van der Waals surface area contributed by atoms with Gasteiger partial charge in [-0.3, -0.25) is 9.59 Å². The molecule has 2 saturated heterocycles. The number of carbonyl (C=O) groups is 1. The predicted molar refractivity (Wildman–Crippen MR) is 206 cm³/mol. The fraction of sp³-hybridized carbons (Fsp3) is 0.429. The zero-order valence-electron chi connectivity index (χ0n) is 31.7.